The Hall–Kier alpha value is -1.43. The number of nitrogens with one attached hydrogen (secondary N) is 1. The van der Waals surface area contributed by atoms with Gasteiger partial charge < -0.3 is 15.0 Å². The van der Waals surface area contributed by atoms with Gasteiger partial charge >= 0.3 is 0 Å². The zero-order chi connectivity index (χ0) is 19.2. The number of morpholine rings is 1. The van der Waals surface area contributed by atoms with Crippen LogP contribution in [0, 0.1) is 5.92 Å². The first kappa shape index (κ1) is 20.3. The largest absolute Gasteiger partial charge is 0.373 e. The molecule has 3 rings (SSSR count). The van der Waals surface area contributed by atoms with Gasteiger partial charge in [0, 0.05) is 38.3 Å². The summed E-state index contributed by atoms with van der Waals surface area (Å²) >= 11 is 0. The molecule has 0 spiro atoms. The van der Waals surface area contributed by atoms with Crippen molar-refractivity contribution in [1.29, 1.82) is 0 Å². The lowest BCUT2D eigenvalue weighted by Crippen LogP contribution is -2.44. The molecule has 2 fully saturated rings. The lowest BCUT2D eigenvalue weighted by atomic mass is 9.93. The summed E-state index contributed by atoms with van der Waals surface area (Å²) in [6.45, 7) is 9.96. The fraction of sp³-hybridized carbons (Fsp3) is 0.682. The van der Waals surface area contributed by atoms with Crippen LogP contribution in [0.5, 0.6) is 0 Å². The summed E-state index contributed by atoms with van der Waals surface area (Å²) in [6, 6.07) is 8.21. The summed E-state index contributed by atoms with van der Waals surface area (Å²) in [5.41, 5.74) is 2.08. The van der Waals surface area contributed by atoms with Crippen LogP contribution in [-0.2, 0) is 11.3 Å². The smallest absolute Gasteiger partial charge is 0.253 e. The predicted molar refractivity (Wildman–Crippen MR) is 109 cm³/mol. The number of nitrogens with zero attached hydrogens (tertiary/aromatic N) is 2. The van der Waals surface area contributed by atoms with Crippen LogP contribution in [0.1, 0.15) is 49.0 Å². The molecule has 0 aliphatic carbocycles. The van der Waals surface area contributed by atoms with Crippen molar-refractivity contribution in [2.45, 2.75) is 51.9 Å². The van der Waals surface area contributed by atoms with Gasteiger partial charge in [-0.15, -0.1) is 0 Å². The van der Waals surface area contributed by atoms with Gasteiger partial charge in [0.2, 0.25) is 0 Å². The number of carbonyl (C=O) groups is 1. The van der Waals surface area contributed by atoms with E-state index in [0.717, 1.165) is 63.6 Å². The number of rotatable bonds is 6. The van der Waals surface area contributed by atoms with E-state index in [4.69, 9.17) is 4.74 Å². The lowest BCUT2D eigenvalue weighted by molar-refractivity contribution is -0.0704. The van der Waals surface area contributed by atoms with E-state index in [1.807, 2.05) is 24.1 Å². The second kappa shape index (κ2) is 9.67. The van der Waals surface area contributed by atoms with Crippen molar-refractivity contribution < 1.29 is 9.53 Å². The minimum atomic E-state index is 0.183. The van der Waals surface area contributed by atoms with Gasteiger partial charge in [-0.25, -0.2) is 0 Å². The lowest BCUT2D eigenvalue weighted by Gasteiger charge is -2.35. The number of hydrogen-bond acceptors (Lipinski definition) is 4. The zero-order valence-electron chi connectivity index (χ0n) is 17.1. The van der Waals surface area contributed by atoms with Crippen molar-refractivity contribution in [3.63, 3.8) is 0 Å². The van der Waals surface area contributed by atoms with Crippen LogP contribution < -0.4 is 5.32 Å². The summed E-state index contributed by atoms with van der Waals surface area (Å²) in [5, 5.41) is 3.22. The van der Waals surface area contributed by atoms with Gasteiger partial charge in [0.1, 0.15) is 0 Å². The molecule has 2 aliphatic rings. The Morgan fingerprint density at radius 2 is 1.74 bits per heavy atom. The van der Waals surface area contributed by atoms with E-state index in [9.17, 15) is 4.79 Å². The standard InChI is InChI=1S/C22H35N3O2/c1-17-14-24(15-18(2)27-17)16-20-4-6-21(7-5-20)22(26)25-12-9-19(10-13-25)8-11-23-3/h4-7,17-19,23H,8-16H2,1-3H3. The van der Waals surface area contributed by atoms with Gasteiger partial charge in [0.05, 0.1) is 12.2 Å². The van der Waals surface area contributed by atoms with E-state index in [1.165, 1.54) is 12.0 Å². The topological polar surface area (TPSA) is 44.8 Å². The Bertz CT molecular complexity index is 586. The van der Waals surface area contributed by atoms with E-state index < -0.39 is 0 Å². The molecule has 1 aromatic carbocycles. The molecule has 5 nitrogen and oxygen atoms in total. The summed E-state index contributed by atoms with van der Waals surface area (Å²) in [5.74, 6) is 0.935. The predicted octanol–water partition coefficient (Wildman–Crippen LogP) is 2.76. The first-order valence-corrected chi connectivity index (χ1v) is 10.5. The first-order chi connectivity index (χ1) is 13.0. The van der Waals surface area contributed by atoms with E-state index in [1.54, 1.807) is 0 Å². The number of carbonyl (C=O) groups excluding carboxylic acids is 1. The van der Waals surface area contributed by atoms with Crippen molar-refractivity contribution in [3.05, 3.63) is 35.4 Å². The highest BCUT2D eigenvalue weighted by molar-refractivity contribution is 5.94. The SMILES string of the molecule is CNCCC1CCN(C(=O)c2ccc(CN3CC(C)OC(C)C3)cc2)CC1. The molecule has 150 valence electrons. The Morgan fingerprint density at radius 1 is 1.11 bits per heavy atom. The summed E-state index contributed by atoms with van der Waals surface area (Å²) in [6.07, 6.45) is 4.03. The fourth-order valence-corrected chi connectivity index (χ4v) is 4.38. The molecular formula is C22H35N3O2. The molecule has 0 aromatic heterocycles. The maximum atomic E-state index is 12.8. The normalized spacial score (nSPS) is 24.9. The first-order valence-electron chi connectivity index (χ1n) is 10.5. The second-order valence-corrected chi connectivity index (χ2v) is 8.28. The van der Waals surface area contributed by atoms with Crippen molar-refractivity contribution >= 4 is 5.91 Å². The maximum Gasteiger partial charge on any atom is 0.253 e. The van der Waals surface area contributed by atoms with E-state index in [0.29, 0.717) is 0 Å². The van der Waals surface area contributed by atoms with Gasteiger partial charge in [0.25, 0.3) is 5.91 Å². The van der Waals surface area contributed by atoms with Gasteiger partial charge in [-0.1, -0.05) is 12.1 Å². The summed E-state index contributed by atoms with van der Waals surface area (Å²) in [4.78, 5) is 17.3. The van der Waals surface area contributed by atoms with Crippen LogP contribution in [0.15, 0.2) is 24.3 Å². The average Bonchev–Trinajstić information content (AvgIpc) is 2.66. The molecule has 27 heavy (non-hydrogen) atoms. The molecule has 2 aliphatic heterocycles. The number of hydrogen-bond donors (Lipinski definition) is 1. The highest BCUT2D eigenvalue weighted by Crippen LogP contribution is 2.22. The van der Waals surface area contributed by atoms with E-state index >= 15 is 0 Å². The molecule has 0 bridgehead atoms. The minimum absolute atomic E-state index is 0.183. The van der Waals surface area contributed by atoms with Crippen LogP contribution in [0.25, 0.3) is 0 Å². The highest BCUT2D eigenvalue weighted by Gasteiger charge is 2.24. The Kier molecular flexibility index (Phi) is 7.27. The third-order valence-corrected chi connectivity index (χ3v) is 5.81. The van der Waals surface area contributed by atoms with Gasteiger partial charge in [-0.3, -0.25) is 9.69 Å². The molecule has 1 amide bonds. The third kappa shape index (κ3) is 5.77. The van der Waals surface area contributed by atoms with Gasteiger partial charge in [-0.05, 0) is 70.3 Å². The quantitative estimate of drug-likeness (QED) is 0.833. The molecule has 0 radical (unpaired) electrons. The third-order valence-electron chi connectivity index (χ3n) is 5.81. The monoisotopic (exact) mass is 373 g/mol. The number of amides is 1. The van der Waals surface area contributed by atoms with E-state index in [2.05, 4.69) is 36.2 Å². The molecule has 2 saturated heterocycles. The zero-order valence-corrected chi connectivity index (χ0v) is 17.1. The average molecular weight is 374 g/mol. The van der Waals surface area contributed by atoms with Crippen LogP contribution >= 0.6 is 0 Å². The fourth-order valence-electron chi connectivity index (χ4n) is 4.38. The highest BCUT2D eigenvalue weighted by atomic mass is 16.5. The molecule has 5 heteroatoms. The minimum Gasteiger partial charge on any atom is -0.373 e. The molecule has 2 atom stereocenters. The number of ether oxygens (including phenoxy) is 1. The van der Waals surface area contributed by atoms with Crippen LogP contribution in [0.2, 0.25) is 0 Å². The van der Waals surface area contributed by atoms with Crippen molar-refractivity contribution in [1.82, 2.24) is 15.1 Å². The van der Waals surface area contributed by atoms with Crippen LogP contribution in [0.4, 0.5) is 0 Å². The van der Waals surface area contributed by atoms with Crippen molar-refractivity contribution in [2.24, 2.45) is 5.92 Å². The second-order valence-electron chi connectivity index (χ2n) is 8.28. The number of piperidine rings is 1. The molecule has 2 heterocycles. The maximum absolute atomic E-state index is 12.8. The Morgan fingerprint density at radius 3 is 2.33 bits per heavy atom. The van der Waals surface area contributed by atoms with Crippen molar-refractivity contribution in [2.75, 3.05) is 39.8 Å². The van der Waals surface area contributed by atoms with Gasteiger partial charge in [-0.2, -0.15) is 0 Å². The molecule has 0 saturated carbocycles. The van der Waals surface area contributed by atoms with E-state index in [-0.39, 0.29) is 18.1 Å². The Labute approximate surface area is 164 Å². The Balaban J connectivity index is 1.50. The number of likely N-dealkylation sites (tertiary alicyclic amines) is 1. The summed E-state index contributed by atoms with van der Waals surface area (Å²) < 4.78 is 5.81. The molecule has 1 N–H and O–H groups in total. The molecule has 1 aromatic rings. The molecular weight excluding hydrogens is 338 g/mol. The van der Waals surface area contributed by atoms with Gasteiger partial charge in [0.15, 0.2) is 0 Å². The van der Waals surface area contributed by atoms with Crippen LogP contribution in [-0.4, -0.2) is 67.7 Å². The van der Waals surface area contributed by atoms with Crippen molar-refractivity contribution in [3.8, 4) is 0 Å². The molecule has 2 unspecified atom stereocenters. The summed E-state index contributed by atoms with van der Waals surface area (Å²) in [7, 11) is 2.00. The van der Waals surface area contributed by atoms with Crippen LogP contribution in [0.3, 0.4) is 0 Å². The number of benzene rings is 1.